The van der Waals surface area contributed by atoms with Crippen LogP contribution < -0.4 is 15.5 Å². The van der Waals surface area contributed by atoms with Crippen LogP contribution in [-0.2, 0) is 11.2 Å². The van der Waals surface area contributed by atoms with E-state index in [0.29, 0.717) is 18.7 Å². The maximum atomic E-state index is 13.0. The number of hydrogen-bond donors (Lipinski definition) is 2. The van der Waals surface area contributed by atoms with Crippen LogP contribution in [0.25, 0.3) is 0 Å². The van der Waals surface area contributed by atoms with Crippen molar-refractivity contribution in [2.75, 3.05) is 16.8 Å². The van der Waals surface area contributed by atoms with Gasteiger partial charge in [0, 0.05) is 17.9 Å². The van der Waals surface area contributed by atoms with E-state index < -0.39 is 6.04 Å². The van der Waals surface area contributed by atoms with Crippen molar-refractivity contribution in [3.05, 3.63) is 59.9 Å². The van der Waals surface area contributed by atoms with E-state index in [1.165, 1.54) is 24.3 Å². The number of carbonyl (C=O) groups is 2. The molecule has 3 rings (SSSR count). The second-order valence-electron chi connectivity index (χ2n) is 6.64. The third-order valence-electron chi connectivity index (χ3n) is 4.74. The Kier molecular flexibility index (Phi) is 6.06. The van der Waals surface area contributed by atoms with Gasteiger partial charge in [-0.05, 0) is 61.6 Å². The predicted molar refractivity (Wildman–Crippen MR) is 104 cm³/mol. The quantitative estimate of drug-likeness (QED) is 0.852. The van der Waals surface area contributed by atoms with E-state index in [2.05, 4.69) is 10.6 Å². The highest BCUT2D eigenvalue weighted by Gasteiger charge is 2.25. The Balaban J connectivity index is 1.69. The normalized spacial score (nSPS) is 14.7. The number of anilines is 2. The summed E-state index contributed by atoms with van der Waals surface area (Å²) in [5.74, 6) is -0.686. The summed E-state index contributed by atoms with van der Waals surface area (Å²) in [5.41, 5.74) is 2.55. The standard InChI is InChI=1S/C21H24FN3O2/c1-2-18(20(26)23-17-12-10-16(22)11-13-17)24-21(27)25-14-6-5-8-15-7-3-4-9-19(15)25/h3-4,7,9-13,18H,2,5-6,8,14H2,1H3,(H,23,26)(H,24,27). The van der Waals surface area contributed by atoms with Crippen LogP contribution >= 0.6 is 0 Å². The first-order chi connectivity index (χ1) is 13.1. The summed E-state index contributed by atoms with van der Waals surface area (Å²) in [6, 6.07) is 12.5. The van der Waals surface area contributed by atoms with Crippen molar-refractivity contribution in [2.24, 2.45) is 0 Å². The number of nitrogens with one attached hydrogen (secondary N) is 2. The molecule has 1 atom stereocenters. The molecule has 27 heavy (non-hydrogen) atoms. The van der Waals surface area contributed by atoms with Crippen molar-refractivity contribution in [3.8, 4) is 0 Å². The number of para-hydroxylation sites is 1. The summed E-state index contributed by atoms with van der Waals surface area (Å²) in [7, 11) is 0. The van der Waals surface area contributed by atoms with E-state index in [-0.39, 0.29) is 17.8 Å². The van der Waals surface area contributed by atoms with Gasteiger partial charge < -0.3 is 10.6 Å². The number of hydrogen-bond acceptors (Lipinski definition) is 2. The van der Waals surface area contributed by atoms with Gasteiger partial charge in [-0.2, -0.15) is 0 Å². The Morgan fingerprint density at radius 1 is 1.11 bits per heavy atom. The zero-order chi connectivity index (χ0) is 19.2. The number of rotatable bonds is 4. The molecule has 0 spiro atoms. The molecule has 0 aromatic heterocycles. The summed E-state index contributed by atoms with van der Waals surface area (Å²) in [6.45, 7) is 2.46. The molecular weight excluding hydrogens is 345 g/mol. The maximum Gasteiger partial charge on any atom is 0.322 e. The molecular formula is C21H24FN3O2. The molecule has 2 aromatic carbocycles. The summed E-state index contributed by atoms with van der Waals surface area (Å²) >= 11 is 0. The lowest BCUT2D eigenvalue weighted by Crippen LogP contribution is -2.49. The highest BCUT2D eigenvalue weighted by atomic mass is 19.1. The lowest BCUT2D eigenvalue weighted by Gasteiger charge is -2.26. The highest BCUT2D eigenvalue weighted by molar-refractivity contribution is 6.00. The zero-order valence-electron chi connectivity index (χ0n) is 15.4. The van der Waals surface area contributed by atoms with Crippen molar-refractivity contribution in [1.82, 2.24) is 5.32 Å². The van der Waals surface area contributed by atoms with Gasteiger partial charge in [-0.1, -0.05) is 25.1 Å². The van der Waals surface area contributed by atoms with Crippen LogP contribution in [0.15, 0.2) is 48.5 Å². The molecule has 1 unspecified atom stereocenters. The van der Waals surface area contributed by atoms with Gasteiger partial charge in [0.05, 0.1) is 0 Å². The largest absolute Gasteiger partial charge is 0.326 e. The van der Waals surface area contributed by atoms with Gasteiger partial charge in [0.2, 0.25) is 5.91 Å². The topological polar surface area (TPSA) is 61.4 Å². The predicted octanol–water partition coefficient (Wildman–Crippen LogP) is 4.10. The Bertz CT molecular complexity index is 807. The second kappa shape index (κ2) is 8.66. The summed E-state index contributed by atoms with van der Waals surface area (Å²) in [6.07, 6.45) is 3.35. The molecule has 3 amide bonds. The van der Waals surface area contributed by atoms with Gasteiger partial charge in [-0.25, -0.2) is 9.18 Å². The average Bonchev–Trinajstić information content (AvgIpc) is 2.90. The number of benzene rings is 2. The number of amides is 3. The minimum absolute atomic E-state index is 0.273. The summed E-state index contributed by atoms with van der Waals surface area (Å²) in [5, 5.41) is 5.56. The first-order valence-electron chi connectivity index (χ1n) is 9.31. The molecule has 1 aliphatic rings. The minimum atomic E-state index is -0.669. The molecule has 0 aliphatic carbocycles. The Labute approximate surface area is 158 Å². The zero-order valence-corrected chi connectivity index (χ0v) is 15.4. The summed E-state index contributed by atoms with van der Waals surface area (Å²) < 4.78 is 13.0. The van der Waals surface area contributed by atoms with Crippen LogP contribution in [-0.4, -0.2) is 24.5 Å². The monoisotopic (exact) mass is 369 g/mol. The first-order valence-corrected chi connectivity index (χ1v) is 9.31. The molecule has 142 valence electrons. The van der Waals surface area contributed by atoms with E-state index in [4.69, 9.17) is 0 Å². The van der Waals surface area contributed by atoms with Crippen LogP contribution in [0, 0.1) is 5.82 Å². The number of carbonyl (C=O) groups excluding carboxylic acids is 2. The fraction of sp³-hybridized carbons (Fsp3) is 0.333. The second-order valence-corrected chi connectivity index (χ2v) is 6.64. The SMILES string of the molecule is CCC(NC(=O)N1CCCCc2ccccc21)C(=O)Nc1ccc(F)cc1. The van der Waals surface area contributed by atoms with Gasteiger partial charge in [-0.3, -0.25) is 9.69 Å². The first kappa shape index (κ1) is 18.9. The van der Waals surface area contributed by atoms with Crippen molar-refractivity contribution in [1.29, 1.82) is 0 Å². The fourth-order valence-corrected chi connectivity index (χ4v) is 3.24. The highest BCUT2D eigenvalue weighted by Crippen LogP contribution is 2.26. The van der Waals surface area contributed by atoms with Crippen LogP contribution in [0.5, 0.6) is 0 Å². The lowest BCUT2D eigenvalue weighted by molar-refractivity contribution is -0.118. The molecule has 0 fully saturated rings. The summed E-state index contributed by atoms with van der Waals surface area (Å²) in [4.78, 5) is 27.1. The molecule has 2 N–H and O–H groups in total. The molecule has 1 heterocycles. The van der Waals surface area contributed by atoms with E-state index in [9.17, 15) is 14.0 Å². The van der Waals surface area contributed by atoms with Crippen molar-refractivity contribution in [3.63, 3.8) is 0 Å². The van der Waals surface area contributed by atoms with Crippen LogP contribution in [0.3, 0.4) is 0 Å². The van der Waals surface area contributed by atoms with Crippen LogP contribution in [0.4, 0.5) is 20.6 Å². The van der Waals surface area contributed by atoms with Crippen molar-refractivity contribution in [2.45, 2.75) is 38.6 Å². The molecule has 0 bridgehead atoms. The number of fused-ring (bicyclic) bond motifs is 1. The van der Waals surface area contributed by atoms with E-state index >= 15 is 0 Å². The van der Waals surface area contributed by atoms with Gasteiger partial charge in [0.15, 0.2) is 0 Å². The lowest BCUT2D eigenvalue weighted by atomic mass is 10.1. The van der Waals surface area contributed by atoms with Gasteiger partial charge in [-0.15, -0.1) is 0 Å². The molecule has 2 aromatic rings. The van der Waals surface area contributed by atoms with Crippen LogP contribution in [0.2, 0.25) is 0 Å². The van der Waals surface area contributed by atoms with Crippen LogP contribution in [0.1, 0.15) is 31.7 Å². The van der Waals surface area contributed by atoms with E-state index in [1.54, 1.807) is 4.90 Å². The van der Waals surface area contributed by atoms with Crippen molar-refractivity contribution >= 4 is 23.3 Å². The molecule has 5 nitrogen and oxygen atoms in total. The van der Waals surface area contributed by atoms with Crippen molar-refractivity contribution < 1.29 is 14.0 Å². The number of urea groups is 1. The fourth-order valence-electron chi connectivity index (χ4n) is 3.24. The maximum absolute atomic E-state index is 13.0. The smallest absolute Gasteiger partial charge is 0.322 e. The number of aryl methyl sites for hydroxylation is 1. The van der Waals surface area contributed by atoms with Gasteiger partial charge in [0.25, 0.3) is 0 Å². The van der Waals surface area contributed by atoms with E-state index in [0.717, 1.165) is 30.5 Å². The van der Waals surface area contributed by atoms with Gasteiger partial charge >= 0.3 is 6.03 Å². The minimum Gasteiger partial charge on any atom is -0.326 e. The number of nitrogens with zero attached hydrogens (tertiary/aromatic N) is 1. The molecule has 1 aliphatic heterocycles. The average molecular weight is 369 g/mol. The third-order valence-corrected chi connectivity index (χ3v) is 4.74. The molecule has 0 radical (unpaired) electrons. The molecule has 0 saturated heterocycles. The van der Waals surface area contributed by atoms with E-state index in [1.807, 2.05) is 31.2 Å². The Hall–Kier alpha value is -2.89. The Morgan fingerprint density at radius 3 is 2.59 bits per heavy atom. The number of halogens is 1. The molecule has 0 saturated carbocycles. The van der Waals surface area contributed by atoms with Gasteiger partial charge in [0.1, 0.15) is 11.9 Å². The third kappa shape index (κ3) is 4.64. The molecule has 6 heteroatoms. The Morgan fingerprint density at radius 2 is 1.85 bits per heavy atom.